The molecule has 1 aliphatic rings. The Labute approximate surface area is 212 Å². The van der Waals surface area contributed by atoms with Crippen LogP contribution in [0.4, 0.5) is 5.69 Å². The number of halogens is 1. The van der Waals surface area contributed by atoms with Gasteiger partial charge in [-0.3, -0.25) is 9.79 Å². The molecular weight excluding hydrogens is 535 g/mol. The largest absolute Gasteiger partial charge is 0.493 e. The van der Waals surface area contributed by atoms with Gasteiger partial charge in [0.25, 0.3) is 5.91 Å². The van der Waals surface area contributed by atoms with E-state index >= 15 is 0 Å². The van der Waals surface area contributed by atoms with E-state index in [9.17, 15) is 4.79 Å². The number of carbonyl (C=O) groups is 1. The van der Waals surface area contributed by atoms with Crippen LogP contribution in [0.1, 0.15) is 25.3 Å². The molecule has 9 heteroatoms. The highest BCUT2D eigenvalue weighted by atomic mass is 127. The van der Waals surface area contributed by atoms with Crippen LogP contribution < -0.4 is 30.2 Å². The summed E-state index contributed by atoms with van der Waals surface area (Å²) < 4.78 is 16.2. The first kappa shape index (κ1) is 26.6. The average Bonchev–Trinajstić information content (AvgIpc) is 3.62. The molecule has 3 N–H and O–H groups in total. The zero-order valence-corrected chi connectivity index (χ0v) is 21.7. The van der Waals surface area contributed by atoms with Gasteiger partial charge in [-0.25, -0.2) is 0 Å². The van der Waals surface area contributed by atoms with Gasteiger partial charge >= 0.3 is 0 Å². The van der Waals surface area contributed by atoms with Crippen LogP contribution in [0.5, 0.6) is 17.2 Å². The van der Waals surface area contributed by atoms with E-state index in [2.05, 4.69) is 20.9 Å². The van der Waals surface area contributed by atoms with Crippen molar-refractivity contribution in [1.29, 1.82) is 0 Å². The minimum Gasteiger partial charge on any atom is -0.493 e. The minimum absolute atomic E-state index is 0. The molecule has 0 atom stereocenters. The third-order valence-electron chi connectivity index (χ3n) is 4.90. The van der Waals surface area contributed by atoms with E-state index in [0.717, 1.165) is 37.1 Å². The summed E-state index contributed by atoms with van der Waals surface area (Å²) in [4.78, 5) is 16.4. The van der Waals surface area contributed by atoms with Crippen molar-refractivity contribution < 1.29 is 19.0 Å². The number of nitrogens with zero attached hydrogens (tertiary/aromatic N) is 1. The summed E-state index contributed by atoms with van der Waals surface area (Å²) in [6.45, 7) is 3.44. The van der Waals surface area contributed by atoms with Gasteiger partial charge in [-0.2, -0.15) is 0 Å². The van der Waals surface area contributed by atoms with E-state index in [4.69, 9.17) is 14.2 Å². The predicted octanol–water partition coefficient (Wildman–Crippen LogP) is 3.60. The second-order valence-corrected chi connectivity index (χ2v) is 7.48. The first-order valence-electron chi connectivity index (χ1n) is 10.9. The van der Waals surface area contributed by atoms with Gasteiger partial charge < -0.3 is 30.2 Å². The molecule has 3 rings (SSSR count). The minimum atomic E-state index is -0.0659. The number of anilines is 1. The highest BCUT2D eigenvalue weighted by molar-refractivity contribution is 14.0. The van der Waals surface area contributed by atoms with Crippen molar-refractivity contribution in [2.45, 2.75) is 32.2 Å². The second-order valence-electron chi connectivity index (χ2n) is 7.48. The molecule has 180 valence electrons. The van der Waals surface area contributed by atoms with Gasteiger partial charge in [0, 0.05) is 30.9 Å². The molecule has 0 heterocycles. The van der Waals surface area contributed by atoms with E-state index in [-0.39, 0.29) is 36.5 Å². The van der Waals surface area contributed by atoms with Gasteiger partial charge in [0.15, 0.2) is 24.1 Å². The Morgan fingerprint density at radius 1 is 1.06 bits per heavy atom. The molecule has 8 nitrogen and oxygen atoms in total. The fourth-order valence-electron chi connectivity index (χ4n) is 3.05. The van der Waals surface area contributed by atoms with Crippen LogP contribution in [0.25, 0.3) is 0 Å². The van der Waals surface area contributed by atoms with E-state index in [1.54, 1.807) is 14.2 Å². The highest BCUT2D eigenvalue weighted by Crippen LogP contribution is 2.29. The van der Waals surface area contributed by atoms with Crippen molar-refractivity contribution in [1.82, 2.24) is 10.6 Å². The fourth-order valence-corrected chi connectivity index (χ4v) is 3.05. The van der Waals surface area contributed by atoms with Crippen molar-refractivity contribution in [2.24, 2.45) is 4.99 Å². The number of aliphatic imine (C=N–C) groups is 1. The molecule has 0 aromatic heterocycles. The number of rotatable bonds is 11. The number of guanidine groups is 1. The van der Waals surface area contributed by atoms with Crippen molar-refractivity contribution >= 4 is 41.5 Å². The number of methoxy groups -OCH3 is 2. The summed E-state index contributed by atoms with van der Waals surface area (Å²) in [5.41, 5.74) is 2.00. The Balaban J connectivity index is 0.00000385. The van der Waals surface area contributed by atoms with E-state index in [1.165, 1.54) is 0 Å². The number of carbonyl (C=O) groups excluding carboxylic acids is 1. The molecule has 2 aromatic carbocycles. The second kappa shape index (κ2) is 13.8. The van der Waals surface area contributed by atoms with Crippen LogP contribution in [0, 0.1) is 0 Å². The molecule has 0 bridgehead atoms. The Kier molecular flexibility index (Phi) is 11.1. The van der Waals surface area contributed by atoms with Gasteiger partial charge in [0.2, 0.25) is 0 Å². The lowest BCUT2D eigenvalue weighted by Gasteiger charge is -2.14. The van der Waals surface area contributed by atoms with E-state index in [0.29, 0.717) is 35.8 Å². The Hall–Kier alpha value is -2.69. The molecule has 0 saturated heterocycles. The maximum atomic E-state index is 11.7. The number of amides is 1. The van der Waals surface area contributed by atoms with Gasteiger partial charge in [0.05, 0.1) is 14.2 Å². The van der Waals surface area contributed by atoms with E-state index < -0.39 is 0 Å². The summed E-state index contributed by atoms with van der Waals surface area (Å²) in [6, 6.07) is 13.8. The molecule has 0 aliphatic heterocycles. The Morgan fingerprint density at radius 2 is 1.79 bits per heavy atom. The zero-order valence-electron chi connectivity index (χ0n) is 19.3. The summed E-state index contributed by atoms with van der Waals surface area (Å²) in [7, 11) is 3.22. The first-order chi connectivity index (χ1) is 15.6. The third-order valence-corrected chi connectivity index (χ3v) is 4.90. The van der Waals surface area contributed by atoms with Gasteiger partial charge in [-0.15, -0.1) is 24.0 Å². The molecule has 0 unspecified atom stereocenters. The maximum absolute atomic E-state index is 11.7. The molecule has 1 aliphatic carbocycles. The normalized spacial score (nSPS) is 12.9. The summed E-state index contributed by atoms with van der Waals surface area (Å²) in [5, 5.41) is 9.45. The van der Waals surface area contributed by atoms with Crippen LogP contribution in [-0.4, -0.2) is 51.8 Å². The monoisotopic (exact) mass is 568 g/mol. The molecule has 33 heavy (non-hydrogen) atoms. The van der Waals surface area contributed by atoms with Gasteiger partial charge in [-0.1, -0.05) is 12.1 Å². The molecule has 1 saturated carbocycles. The molecule has 1 fully saturated rings. The van der Waals surface area contributed by atoms with Crippen LogP contribution >= 0.6 is 24.0 Å². The average molecular weight is 568 g/mol. The fraction of sp³-hybridized carbons (Fsp3) is 0.417. The third kappa shape index (κ3) is 8.99. The van der Waals surface area contributed by atoms with Gasteiger partial charge in [-0.05, 0) is 56.0 Å². The smallest absolute Gasteiger partial charge is 0.258 e. The maximum Gasteiger partial charge on any atom is 0.258 e. The lowest BCUT2D eigenvalue weighted by molar-refractivity contribution is -0.123. The van der Waals surface area contributed by atoms with Crippen LogP contribution in [0.2, 0.25) is 0 Å². The summed E-state index contributed by atoms with van der Waals surface area (Å²) in [6.07, 6.45) is 2.93. The van der Waals surface area contributed by atoms with Gasteiger partial charge in [0.1, 0.15) is 5.75 Å². The van der Waals surface area contributed by atoms with Crippen LogP contribution in [-0.2, 0) is 11.2 Å². The summed E-state index contributed by atoms with van der Waals surface area (Å²) >= 11 is 0. The Bertz CT molecular complexity index is 917. The number of nitrogens with one attached hydrogen (secondary N) is 3. The number of ether oxygens (including phenoxy) is 3. The summed E-state index contributed by atoms with van der Waals surface area (Å²) in [5.74, 6) is 2.65. The van der Waals surface area contributed by atoms with Crippen LogP contribution in [0.15, 0.2) is 47.5 Å². The van der Waals surface area contributed by atoms with Crippen molar-refractivity contribution in [3.63, 3.8) is 0 Å². The quantitative estimate of drug-likeness (QED) is 0.218. The number of benzene rings is 2. The number of hydrogen-bond donors (Lipinski definition) is 3. The Morgan fingerprint density at radius 3 is 2.42 bits per heavy atom. The highest BCUT2D eigenvalue weighted by Gasteiger charge is 2.23. The van der Waals surface area contributed by atoms with Crippen LogP contribution in [0.3, 0.4) is 0 Å². The topological polar surface area (TPSA) is 93.2 Å². The van der Waals surface area contributed by atoms with Crippen molar-refractivity contribution in [3.8, 4) is 17.2 Å². The lowest BCUT2D eigenvalue weighted by Crippen LogP contribution is -2.30. The SMILES string of the molecule is CCNC(=NCCc1ccc(OCC(=O)NC2CC2)cc1)Nc1ccc(OC)c(OC)c1.I. The zero-order chi connectivity index (χ0) is 22.8. The molecule has 0 radical (unpaired) electrons. The predicted molar refractivity (Wildman–Crippen MR) is 141 cm³/mol. The first-order valence-corrected chi connectivity index (χ1v) is 10.9. The van der Waals surface area contributed by atoms with Crippen molar-refractivity contribution in [3.05, 3.63) is 48.0 Å². The lowest BCUT2D eigenvalue weighted by atomic mass is 10.1. The van der Waals surface area contributed by atoms with Crippen molar-refractivity contribution in [2.75, 3.05) is 39.2 Å². The molecule has 0 spiro atoms. The molecule has 1 amide bonds. The molecule has 2 aromatic rings. The standard InChI is InChI=1S/C24H32N4O4.HI/c1-4-25-24(28-19-9-12-21(30-2)22(15-19)31-3)26-14-13-17-5-10-20(11-6-17)32-16-23(29)27-18-7-8-18;/h5-6,9-12,15,18H,4,7-8,13-14,16H2,1-3H3,(H,27,29)(H2,25,26,28);1H. The van der Waals surface area contributed by atoms with E-state index in [1.807, 2.05) is 49.4 Å². The molecular formula is C24H33IN4O4. The number of hydrogen-bond acceptors (Lipinski definition) is 5.